The third kappa shape index (κ3) is 3.64. The van der Waals surface area contributed by atoms with Crippen molar-refractivity contribution in [2.75, 3.05) is 0 Å². The second kappa shape index (κ2) is 7.19. The van der Waals surface area contributed by atoms with Crippen LogP contribution in [0.4, 0.5) is 0 Å². The van der Waals surface area contributed by atoms with Crippen molar-refractivity contribution in [3.63, 3.8) is 0 Å². The first-order valence-corrected chi connectivity index (χ1v) is 8.61. The summed E-state index contributed by atoms with van der Waals surface area (Å²) in [5.74, 6) is 0.428. The first kappa shape index (κ1) is 17.4. The average molecular weight is 358 g/mol. The molecule has 0 atom stereocenters. The third-order valence-corrected chi connectivity index (χ3v) is 4.38. The molecule has 7 heteroatoms. The zero-order chi connectivity index (χ0) is 18.0. The van der Waals surface area contributed by atoms with Crippen molar-refractivity contribution in [1.82, 2.24) is 24.8 Å². The van der Waals surface area contributed by atoms with Crippen molar-refractivity contribution < 1.29 is 4.79 Å². The molecular weight excluding hydrogens is 338 g/mol. The number of nitrogens with zero attached hydrogens (tertiary/aromatic N) is 5. The largest absolute Gasteiger partial charge is 0.348 e. The number of halogens is 1. The maximum absolute atomic E-state index is 12.6. The van der Waals surface area contributed by atoms with Crippen LogP contribution >= 0.6 is 11.6 Å². The molecule has 25 heavy (non-hydrogen) atoms. The zero-order valence-corrected chi connectivity index (χ0v) is 15.3. The molecule has 0 saturated heterocycles. The minimum Gasteiger partial charge on any atom is -0.348 e. The van der Waals surface area contributed by atoms with Crippen LogP contribution in [-0.2, 0) is 13.1 Å². The smallest absolute Gasteiger partial charge is 0.204 e. The highest BCUT2D eigenvalue weighted by atomic mass is 35.5. The quantitative estimate of drug-likeness (QED) is 0.631. The Bertz CT molecular complexity index is 912. The number of ketones is 1. The van der Waals surface area contributed by atoms with Crippen LogP contribution in [0, 0.1) is 13.8 Å². The Kier molecular flexibility index (Phi) is 4.99. The highest BCUT2D eigenvalue weighted by Gasteiger charge is 2.17. The molecule has 0 unspecified atom stereocenters. The second-order valence-corrected chi connectivity index (χ2v) is 6.45. The van der Waals surface area contributed by atoms with Crippen molar-refractivity contribution in [1.29, 1.82) is 0 Å². The van der Waals surface area contributed by atoms with E-state index in [2.05, 4.69) is 26.9 Å². The number of aryl methyl sites for hydroxylation is 1. The summed E-state index contributed by atoms with van der Waals surface area (Å²) in [5.41, 5.74) is 3.56. The summed E-state index contributed by atoms with van der Waals surface area (Å²) in [6, 6.07) is 9.16. The summed E-state index contributed by atoms with van der Waals surface area (Å²) in [6.45, 7) is 7.08. The summed E-state index contributed by atoms with van der Waals surface area (Å²) in [4.78, 5) is 14.0. The maximum Gasteiger partial charge on any atom is 0.204 e. The van der Waals surface area contributed by atoms with Crippen LogP contribution < -0.4 is 0 Å². The monoisotopic (exact) mass is 357 g/mol. The molecule has 1 aromatic carbocycles. The second-order valence-electron chi connectivity index (χ2n) is 6.01. The normalized spacial score (nSPS) is 11.0. The average Bonchev–Trinajstić information content (AvgIpc) is 3.15. The van der Waals surface area contributed by atoms with Crippen molar-refractivity contribution >= 4 is 17.4 Å². The summed E-state index contributed by atoms with van der Waals surface area (Å²) < 4.78 is 2.17. The standard InChI is InChI=1S/C18H20ClN5O/c1-4-8-23-12(2)9-16(13(23)3)17(25)11-24-21-18(20-22-24)14-6-5-7-15(19)10-14/h5-7,9-10H,4,8,11H2,1-3H3. The van der Waals surface area contributed by atoms with Gasteiger partial charge >= 0.3 is 0 Å². The summed E-state index contributed by atoms with van der Waals surface area (Å²) in [7, 11) is 0. The van der Waals surface area contributed by atoms with Gasteiger partial charge in [0.25, 0.3) is 0 Å². The van der Waals surface area contributed by atoms with Crippen molar-refractivity contribution in [2.24, 2.45) is 0 Å². The van der Waals surface area contributed by atoms with Crippen molar-refractivity contribution in [3.05, 3.63) is 52.3 Å². The number of carbonyl (C=O) groups excluding carboxylic acids is 1. The van der Waals surface area contributed by atoms with E-state index in [1.54, 1.807) is 12.1 Å². The first-order valence-electron chi connectivity index (χ1n) is 8.23. The Morgan fingerprint density at radius 1 is 1.24 bits per heavy atom. The van der Waals surface area contributed by atoms with Gasteiger partial charge in [0.15, 0.2) is 5.78 Å². The molecule has 0 radical (unpaired) electrons. The molecule has 6 nitrogen and oxygen atoms in total. The number of rotatable bonds is 6. The summed E-state index contributed by atoms with van der Waals surface area (Å²) in [5, 5.41) is 12.9. The minimum atomic E-state index is -0.0227. The molecule has 2 aromatic heterocycles. The predicted octanol–water partition coefficient (Wildman–Crippen LogP) is 3.70. The minimum absolute atomic E-state index is 0.0227. The van der Waals surface area contributed by atoms with Crippen LogP contribution in [0.15, 0.2) is 30.3 Å². The molecule has 0 amide bonds. The highest BCUT2D eigenvalue weighted by Crippen LogP contribution is 2.19. The number of carbonyl (C=O) groups is 1. The zero-order valence-electron chi connectivity index (χ0n) is 14.5. The topological polar surface area (TPSA) is 65.6 Å². The van der Waals surface area contributed by atoms with Crippen LogP contribution in [0.25, 0.3) is 11.4 Å². The summed E-state index contributed by atoms with van der Waals surface area (Å²) >= 11 is 5.99. The van der Waals surface area contributed by atoms with E-state index in [-0.39, 0.29) is 12.3 Å². The van der Waals surface area contributed by atoms with Crippen molar-refractivity contribution in [3.8, 4) is 11.4 Å². The van der Waals surface area contributed by atoms with Gasteiger partial charge in [-0.05, 0) is 43.7 Å². The fourth-order valence-corrected chi connectivity index (χ4v) is 3.11. The number of benzene rings is 1. The van der Waals surface area contributed by atoms with E-state index < -0.39 is 0 Å². The van der Waals surface area contributed by atoms with Crippen LogP contribution in [0.5, 0.6) is 0 Å². The van der Waals surface area contributed by atoms with Gasteiger partial charge in [-0.1, -0.05) is 30.7 Å². The molecule has 130 valence electrons. The van der Waals surface area contributed by atoms with E-state index in [4.69, 9.17) is 11.6 Å². The van der Waals surface area contributed by atoms with Gasteiger partial charge in [-0.2, -0.15) is 4.80 Å². The number of hydrogen-bond donors (Lipinski definition) is 0. The molecule has 0 fully saturated rings. The Morgan fingerprint density at radius 2 is 2.04 bits per heavy atom. The van der Waals surface area contributed by atoms with E-state index >= 15 is 0 Å². The maximum atomic E-state index is 12.6. The molecule has 3 aromatic rings. The van der Waals surface area contributed by atoms with Crippen LogP contribution in [0.1, 0.15) is 35.1 Å². The van der Waals surface area contributed by atoms with Gasteiger partial charge in [0.1, 0.15) is 6.54 Å². The van der Waals surface area contributed by atoms with E-state index in [9.17, 15) is 4.79 Å². The van der Waals surface area contributed by atoms with Crippen molar-refractivity contribution in [2.45, 2.75) is 40.3 Å². The third-order valence-electron chi connectivity index (χ3n) is 4.14. The fraction of sp³-hybridized carbons (Fsp3) is 0.333. The number of hydrogen-bond acceptors (Lipinski definition) is 4. The Morgan fingerprint density at radius 3 is 2.76 bits per heavy atom. The van der Waals surface area contributed by atoms with E-state index in [0.717, 1.165) is 29.9 Å². The molecule has 0 aliphatic carbocycles. The van der Waals surface area contributed by atoms with Crippen LogP contribution in [0.3, 0.4) is 0 Å². The number of tetrazole rings is 1. The Hall–Kier alpha value is -2.47. The van der Waals surface area contributed by atoms with Gasteiger partial charge in [-0.15, -0.1) is 10.2 Å². The lowest BCUT2D eigenvalue weighted by Crippen LogP contribution is -2.14. The van der Waals surface area contributed by atoms with E-state index in [1.165, 1.54) is 4.80 Å². The molecule has 0 N–H and O–H groups in total. The fourth-order valence-electron chi connectivity index (χ4n) is 2.92. The lowest BCUT2D eigenvalue weighted by atomic mass is 10.1. The van der Waals surface area contributed by atoms with Gasteiger partial charge in [0, 0.05) is 34.1 Å². The molecule has 0 spiro atoms. The van der Waals surface area contributed by atoms with Gasteiger partial charge in [-0.3, -0.25) is 4.79 Å². The van der Waals surface area contributed by atoms with E-state index in [1.807, 2.05) is 32.0 Å². The SMILES string of the molecule is CCCn1c(C)cc(C(=O)Cn2nnc(-c3cccc(Cl)c3)n2)c1C. The molecular formula is C18H20ClN5O. The van der Waals surface area contributed by atoms with E-state index in [0.29, 0.717) is 16.4 Å². The molecule has 0 bridgehead atoms. The lowest BCUT2D eigenvalue weighted by molar-refractivity contribution is 0.0960. The van der Waals surface area contributed by atoms with Gasteiger partial charge < -0.3 is 4.57 Å². The molecule has 2 heterocycles. The van der Waals surface area contributed by atoms with Gasteiger partial charge in [-0.25, -0.2) is 0 Å². The Labute approximate surface area is 151 Å². The molecule has 3 rings (SSSR count). The van der Waals surface area contributed by atoms with Gasteiger partial charge in [0.05, 0.1) is 0 Å². The molecule has 0 aliphatic heterocycles. The first-order chi connectivity index (χ1) is 12.0. The highest BCUT2D eigenvalue weighted by molar-refractivity contribution is 6.30. The van der Waals surface area contributed by atoms with Gasteiger partial charge in [0.2, 0.25) is 5.82 Å². The number of Topliss-reactive ketones (excluding diaryl/α,β-unsaturated/α-hetero) is 1. The molecule has 0 aliphatic rings. The number of aromatic nitrogens is 5. The Balaban J connectivity index is 1.79. The van der Waals surface area contributed by atoms with Crippen LogP contribution in [-0.4, -0.2) is 30.6 Å². The lowest BCUT2D eigenvalue weighted by Gasteiger charge is -2.07. The molecule has 0 saturated carbocycles. The van der Waals surface area contributed by atoms with Crippen LogP contribution in [0.2, 0.25) is 5.02 Å². The summed E-state index contributed by atoms with van der Waals surface area (Å²) in [6.07, 6.45) is 1.03. The predicted molar refractivity (Wildman–Crippen MR) is 96.8 cm³/mol.